The summed E-state index contributed by atoms with van der Waals surface area (Å²) in [6.45, 7) is 11.3. The Kier molecular flexibility index (Phi) is 10.6. The van der Waals surface area contributed by atoms with E-state index in [9.17, 15) is 18.0 Å². The number of hydrogen-bond donors (Lipinski definition) is 1. The molecule has 0 aromatic heterocycles. The summed E-state index contributed by atoms with van der Waals surface area (Å²) >= 11 is 0. The third-order valence-corrected chi connectivity index (χ3v) is 8.26. The lowest BCUT2D eigenvalue weighted by molar-refractivity contribution is -0.139. The van der Waals surface area contributed by atoms with E-state index in [1.54, 1.807) is 43.3 Å². The molecule has 0 heterocycles. The molecule has 220 valence electrons. The molecule has 0 saturated heterocycles. The van der Waals surface area contributed by atoms with Gasteiger partial charge in [0.25, 0.3) is 10.0 Å². The van der Waals surface area contributed by atoms with E-state index in [2.05, 4.69) is 5.32 Å². The molecule has 0 fully saturated rings. The highest BCUT2D eigenvalue weighted by Gasteiger charge is 2.33. The lowest BCUT2D eigenvalue weighted by atomic mass is 10.1. The first-order valence-corrected chi connectivity index (χ1v) is 15.2. The van der Waals surface area contributed by atoms with Crippen LogP contribution in [0.25, 0.3) is 0 Å². The summed E-state index contributed by atoms with van der Waals surface area (Å²) in [5.74, 6) is -0.238. The fourth-order valence-corrected chi connectivity index (χ4v) is 5.70. The second-order valence-electron chi connectivity index (χ2n) is 11.0. The minimum Gasteiger partial charge on any atom is -0.494 e. The molecule has 0 aliphatic carbocycles. The van der Waals surface area contributed by atoms with Crippen LogP contribution in [0.5, 0.6) is 5.75 Å². The molecule has 1 atom stereocenters. The minimum absolute atomic E-state index is 0.0312. The summed E-state index contributed by atoms with van der Waals surface area (Å²) in [6.07, 6.45) is 0.510. The highest BCUT2D eigenvalue weighted by molar-refractivity contribution is 7.92. The minimum atomic E-state index is -4.14. The molecule has 0 radical (unpaired) electrons. The Labute approximate surface area is 244 Å². The zero-order valence-electron chi connectivity index (χ0n) is 24.8. The molecule has 0 saturated carbocycles. The van der Waals surface area contributed by atoms with Crippen LogP contribution in [0.2, 0.25) is 0 Å². The van der Waals surface area contributed by atoms with Gasteiger partial charge in [0.1, 0.15) is 18.3 Å². The Balaban J connectivity index is 1.98. The largest absolute Gasteiger partial charge is 0.494 e. The normalized spacial score (nSPS) is 12.3. The summed E-state index contributed by atoms with van der Waals surface area (Å²) in [7, 11) is -4.14. The molecule has 41 heavy (non-hydrogen) atoms. The number of rotatable bonds is 12. The van der Waals surface area contributed by atoms with Gasteiger partial charge in [-0.15, -0.1) is 0 Å². The lowest BCUT2D eigenvalue weighted by Crippen LogP contribution is -2.55. The molecule has 0 aliphatic heterocycles. The van der Waals surface area contributed by atoms with E-state index in [0.717, 1.165) is 15.4 Å². The maximum absolute atomic E-state index is 14.0. The van der Waals surface area contributed by atoms with Crippen molar-refractivity contribution in [2.45, 2.75) is 64.4 Å². The van der Waals surface area contributed by atoms with Gasteiger partial charge in [-0.3, -0.25) is 13.9 Å². The van der Waals surface area contributed by atoms with Crippen molar-refractivity contribution in [3.05, 3.63) is 90.0 Å². The summed E-state index contributed by atoms with van der Waals surface area (Å²) in [4.78, 5) is 28.6. The van der Waals surface area contributed by atoms with Crippen LogP contribution < -0.4 is 14.4 Å². The molecule has 9 heteroatoms. The Bertz CT molecular complexity index is 1400. The molecule has 1 unspecified atom stereocenters. The van der Waals surface area contributed by atoms with Crippen molar-refractivity contribution in [1.29, 1.82) is 0 Å². The van der Waals surface area contributed by atoms with Crippen LogP contribution in [0.1, 0.15) is 45.7 Å². The fourth-order valence-electron chi connectivity index (χ4n) is 4.29. The van der Waals surface area contributed by atoms with Gasteiger partial charge in [0, 0.05) is 12.1 Å². The number of nitrogens with one attached hydrogen (secondary N) is 1. The third kappa shape index (κ3) is 8.82. The number of aryl methyl sites for hydroxylation is 1. The summed E-state index contributed by atoms with van der Waals surface area (Å²) in [6, 6.07) is 21.9. The van der Waals surface area contributed by atoms with Gasteiger partial charge in [-0.1, -0.05) is 48.0 Å². The smallest absolute Gasteiger partial charge is 0.264 e. The van der Waals surface area contributed by atoms with Crippen molar-refractivity contribution < 1.29 is 22.7 Å². The number of carbonyl (C=O) groups excluding carboxylic acids is 2. The van der Waals surface area contributed by atoms with Crippen LogP contribution in [-0.4, -0.2) is 56.4 Å². The molecule has 2 amide bonds. The Morgan fingerprint density at radius 3 is 2.10 bits per heavy atom. The highest BCUT2D eigenvalue weighted by Crippen LogP contribution is 2.26. The Hall–Kier alpha value is -3.85. The van der Waals surface area contributed by atoms with Crippen LogP contribution in [-0.2, 0) is 26.0 Å². The molecule has 0 aliphatic rings. The topological polar surface area (TPSA) is 96.0 Å². The average molecular weight is 580 g/mol. The summed E-state index contributed by atoms with van der Waals surface area (Å²) in [5, 5.41) is 2.94. The first-order valence-electron chi connectivity index (χ1n) is 13.8. The fraction of sp³-hybridized carbons (Fsp3) is 0.375. The Morgan fingerprint density at radius 1 is 0.927 bits per heavy atom. The van der Waals surface area contributed by atoms with Crippen molar-refractivity contribution >= 4 is 27.5 Å². The van der Waals surface area contributed by atoms with E-state index < -0.39 is 34.1 Å². The van der Waals surface area contributed by atoms with Gasteiger partial charge in [0.05, 0.1) is 17.2 Å². The number of carbonyl (C=O) groups is 2. The molecular formula is C32H41N3O5S. The molecule has 3 aromatic rings. The maximum Gasteiger partial charge on any atom is 0.264 e. The summed E-state index contributed by atoms with van der Waals surface area (Å²) in [5.41, 5.74) is 1.82. The van der Waals surface area contributed by atoms with E-state index in [0.29, 0.717) is 24.5 Å². The van der Waals surface area contributed by atoms with E-state index >= 15 is 0 Å². The van der Waals surface area contributed by atoms with Crippen LogP contribution in [0.3, 0.4) is 0 Å². The number of sulfonamides is 1. The number of amides is 2. The molecule has 3 aromatic carbocycles. The first kappa shape index (κ1) is 31.7. The zero-order chi connectivity index (χ0) is 30.2. The van der Waals surface area contributed by atoms with Crippen molar-refractivity contribution in [2.24, 2.45) is 0 Å². The Morgan fingerprint density at radius 2 is 1.54 bits per heavy atom. The van der Waals surface area contributed by atoms with Gasteiger partial charge < -0.3 is 15.0 Å². The first-order chi connectivity index (χ1) is 19.3. The monoisotopic (exact) mass is 579 g/mol. The van der Waals surface area contributed by atoms with Gasteiger partial charge >= 0.3 is 0 Å². The van der Waals surface area contributed by atoms with Crippen LogP contribution in [0, 0.1) is 6.92 Å². The van der Waals surface area contributed by atoms with Gasteiger partial charge in [-0.2, -0.15) is 0 Å². The predicted octanol–water partition coefficient (Wildman–Crippen LogP) is 4.96. The van der Waals surface area contributed by atoms with Gasteiger partial charge in [-0.05, 0) is 89.9 Å². The number of anilines is 1. The number of ether oxygens (including phenoxy) is 1. The van der Waals surface area contributed by atoms with Gasteiger partial charge in [0.15, 0.2) is 0 Å². The van der Waals surface area contributed by atoms with E-state index in [4.69, 9.17) is 4.74 Å². The van der Waals surface area contributed by atoms with E-state index in [-0.39, 0.29) is 17.3 Å². The molecule has 8 nitrogen and oxygen atoms in total. The second kappa shape index (κ2) is 13.7. The standard InChI is InChI=1S/C32H41N3O5S/c1-7-40-28-17-19-29(20-18-28)41(38,39)35(27-15-13-24(2)14-16-27)23-30(36)34(22-21-26-11-9-8-10-12-26)25(3)31(37)33-32(4,5)6/h8-20,25H,7,21-23H2,1-6H3,(H,33,37). The van der Waals surface area contributed by atoms with Crippen LogP contribution in [0.4, 0.5) is 5.69 Å². The van der Waals surface area contributed by atoms with E-state index in [1.165, 1.54) is 17.0 Å². The van der Waals surface area contributed by atoms with Gasteiger partial charge in [0.2, 0.25) is 11.8 Å². The maximum atomic E-state index is 14.0. The average Bonchev–Trinajstić information content (AvgIpc) is 2.92. The van der Waals surface area contributed by atoms with Crippen LogP contribution >= 0.6 is 0 Å². The lowest BCUT2D eigenvalue weighted by Gasteiger charge is -2.33. The zero-order valence-corrected chi connectivity index (χ0v) is 25.6. The predicted molar refractivity (Wildman–Crippen MR) is 163 cm³/mol. The van der Waals surface area contributed by atoms with Crippen molar-refractivity contribution in [1.82, 2.24) is 10.2 Å². The summed E-state index contributed by atoms with van der Waals surface area (Å²) < 4.78 is 34.5. The molecule has 0 bridgehead atoms. The number of nitrogens with zero attached hydrogens (tertiary/aromatic N) is 2. The molecule has 1 N–H and O–H groups in total. The van der Waals surface area contributed by atoms with Crippen molar-refractivity contribution in [2.75, 3.05) is 24.0 Å². The van der Waals surface area contributed by atoms with Crippen molar-refractivity contribution in [3.63, 3.8) is 0 Å². The second-order valence-corrected chi connectivity index (χ2v) is 12.9. The SMILES string of the molecule is CCOc1ccc(S(=O)(=O)N(CC(=O)N(CCc2ccccc2)C(C)C(=O)NC(C)(C)C)c2ccc(C)cc2)cc1. The molecule has 0 spiro atoms. The number of benzene rings is 3. The highest BCUT2D eigenvalue weighted by atomic mass is 32.2. The van der Waals surface area contributed by atoms with Gasteiger partial charge in [-0.25, -0.2) is 8.42 Å². The third-order valence-electron chi connectivity index (χ3n) is 6.47. The van der Waals surface area contributed by atoms with Crippen LogP contribution in [0.15, 0.2) is 83.8 Å². The molecule has 3 rings (SSSR count). The van der Waals surface area contributed by atoms with E-state index in [1.807, 2.05) is 65.0 Å². The quantitative estimate of drug-likeness (QED) is 0.327. The van der Waals surface area contributed by atoms with Crippen molar-refractivity contribution in [3.8, 4) is 5.75 Å². The number of hydrogen-bond acceptors (Lipinski definition) is 5. The molecular weight excluding hydrogens is 538 g/mol.